The first-order valence-corrected chi connectivity index (χ1v) is 10.3. The highest BCUT2D eigenvalue weighted by Gasteiger charge is 2.38. The van der Waals surface area contributed by atoms with E-state index in [1.165, 1.54) is 19.1 Å². The molecule has 0 spiro atoms. The first-order chi connectivity index (χ1) is 14.7. The van der Waals surface area contributed by atoms with Crippen LogP contribution < -0.4 is 0 Å². The number of likely N-dealkylation sites (tertiary alicyclic amines) is 2. The molecule has 0 saturated carbocycles. The molecule has 0 bridgehead atoms. The van der Waals surface area contributed by atoms with Crippen LogP contribution >= 0.6 is 0 Å². The minimum atomic E-state index is -4.46. The zero-order chi connectivity index (χ0) is 22.2. The first-order valence-electron chi connectivity index (χ1n) is 10.3. The van der Waals surface area contributed by atoms with Gasteiger partial charge in [0.2, 0.25) is 23.5 Å². The van der Waals surface area contributed by atoms with Gasteiger partial charge in [-0.3, -0.25) is 9.59 Å². The van der Waals surface area contributed by atoms with Crippen molar-refractivity contribution in [1.29, 1.82) is 0 Å². The summed E-state index contributed by atoms with van der Waals surface area (Å²) in [6, 6.07) is 4.37. The number of benzene rings is 1. The van der Waals surface area contributed by atoms with Gasteiger partial charge in [0.15, 0.2) is 0 Å². The van der Waals surface area contributed by atoms with E-state index in [4.69, 9.17) is 4.52 Å². The topological polar surface area (TPSA) is 79.5 Å². The maximum atomic E-state index is 13.1. The van der Waals surface area contributed by atoms with Crippen LogP contribution in [0.2, 0.25) is 0 Å². The molecular formula is C21H23F3N4O3. The highest BCUT2D eigenvalue weighted by Crippen LogP contribution is 2.36. The van der Waals surface area contributed by atoms with Crippen molar-refractivity contribution >= 4 is 11.8 Å². The van der Waals surface area contributed by atoms with Crippen LogP contribution in [-0.4, -0.2) is 51.4 Å². The highest BCUT2D eigenvalue weighted by atomic mass is 19.4. The summed E-state index contributed by atoms with van der Waals surface area (Å²) in [5.74, 6) is 0.152. The van der Waals surface area contributed by atoms with Crippen molar-refractivity contribution in [2.75, 3.05) is 19.6 Å². The van der Waals surface area contributed by atoms with Gasteiger partial charge in [0.25, 0.3) is 0 Å². The van der Waals surface area contributed by atoms with Gasteiger partial charge in [-0.05, 0) is 37.8 Å². The number of carbonyl (C=O) groups is 2. The lowest BCUT2D eigenvalue weighted by atomic mass is 9.95. The SMILES string of the molecule is CC(=O)N1CCC(C(=O)N2CCCC2c2nc(-c3cccc(C(F)(F)F)c3)no2)CC1. The van der Waals surface area contributed by atoms with E-state index in [1.54, 1.807) is 9.80 Å². The van der Waals surface area contributed by atoms with Crippen LogP contribution in [0.1, 0.15) is 50.1 Å². The molecule has 1 atom stereocenters. The number of hydrogen-bond acceptors (Lipinski definition) is 5. The maximum Gasteiger partial charge on any atom is 0.416 e. The van der Waals surface area contributed by atoms with Gasteiger partial charge in [-0.1, -0.05) is 17.3 Å². The first kappa shape index (κ1) is 21.3. The Bertz CT molecular complexity index is 967. The van der Waals surface area contributed by atoms with E-state index in [1.807, 2.05) is 0 Å². The molecule has 1 aromatic carbocycles. The molecule has 2 aliphatic rings. The van der Waals surface area contributed by atoms with Gasteiger partial charge < -0.3 is 14.3 Å². The van der Waals surface area contributed by atoms with Crippen molar-refractivity contribution in [2.24, 2.45) is 5.92 Å². The second-order valence-corrected chi connectivity index (χ2v) is 8.00. The van der Waals surface area contributed by atoms with Gasteiger partial charge in [-0.2, -0.15) is 18.2 Å². The average molecular weight is 436 g/mol. The fourth-order valence-corrected chi connectivity index (χ4v) is 4.29. The number of aromatic nitrogens is 2. The molecule has 2 saturated heterocycles. The Morgan fingerprint density at radius 3 is 2.55 bits per heavy atom. The molecule has 2 amide bonds. The predicted molar refractivity (Wildman–Crippen MR) is 103 cm³/mol. The Balaban J connectivity index is 1.48. The molecule has 10 heteroatoms. The zero-order valence-electron chi connectivity index (χ0n) is 17.1. The molecular weight excluding hydrogens is 413 g/mol. The van der Waals surface area contributed by atoms with Gasteiger partial charge in [-0.15, -0.1) is 0 Å². The number of carbonyl (C=O) groups excluding carboxylic acids is 2. The Hall–Kier alpha value is -2.91. The quantitative estimate of drug-likeness (QED) is 0.734. The summed E-state index contributed by atoms with van der Waals surface area (Å²) in [6.07, 6.45) is -1.80. The second-order valence-electron chi connectivity index (χ2n) is 8.00. The van der Waals surface area contributed by atoms with E-state index in [2.05, 4.69) is 10.1 Å². The van der Waals surface area contributed by atoms with Crippen LogP contribution in [0, 0.1) is 5.92 Å². The van der Waals surface area contributed by atoms with Crippen molar-refractivity contribution < 1.29 is 27.3 Å². The van der Waals surface area contributed by atoms with Crippen molar-refractivity contribution in [3.05, 3.63) is 35.7 Å². The molecule has 2 fully saturated rings. The Labute approximate surface area is 177 Å². The summed E-state index contributed by atoms with van der Waals surface area (Å²) in [5.41, 5.74) is -0.580. The summed E-state index contributed by atoms with van der Waals surface area (Å²) in [7, 11) is 0. The third-order valence-corrected chi connectivity index (χ3v) is 6.00. The lowest BCUT2D eigenvalue weighted by molar-refractivity contribution is -0.141. The smallest absolute Gasteiger partial charge is 0.343 e. The number of rotatable bonds is 3. The van der Waals surface area contributed by atoms with Crippen LogP contribution in [0.3, 0.4) is 0 Å². The minimum absolute atomic E-state index is 0.00419. The predicted octanol–water partition coefficient (Wildman–Crippen LogP) is 3.68. The molecule has 31 heavy (non-hydrogen) atoms. The van der Waals surface area contributed by atoms with Gasteiger partial charge in [0, 0.05) is 38.0 Å². The van der Waals surface area contributed by atoms with Gasteiger partial charge >= 0.3 is 6.18 Å². The van der Waals surface area contributed by atoms with E-state index in [0.717, 1.165) is 18.6 Å². The third-order valence-electron chi connectivity index (χ3n) is 6.00. The van der Waals surface area contributed by atoms with E-state index in [-0.39, 0.29) is 41.1 Å². The fourth-order valence-electron chi connectivity index (χ4n) is 4.29. The summed E-state index contributed by atoms with van der Waals surface area (Å²) < 4.78 is 44.3. The number of amides is 2. The summed E-state index contributed by atoms with van der Waals surface area (Å²) >= 11 is 0. The van der Waals surface area contributed by atoms with E-state index < -0.39 is 11.7 Å². The molecule has 4 rings (SSSR count). The average Bonchev–Trinajstić information content (AvgIpc) is 3.42. The molecule has 0 radical (unpaired) electrons. The Morgan fingerprint density at radius 1 is 1.13 bits per heavy atom. The number of piperidine rings is 1. The molecule has 3 heterocycles. The third kappa shape index (κ3) is 4.42. The van der Waals surface area contributed by atoms with Crippen LogP contribution in [0.5, 0.6) is 0 Å². The van der Waals surface area contributed by atoms with E-state index in [9.17, 15) is 22.8 Å². The molecule has 0 aliphatic carbocycles. The Kier molecular flexibility index (Phi) is 5.72. The number of alkyl halides is 3. The molecule has 1 unspecified atom stereocenters. The molecule has 2 aliphatic heterocycles. The zero-order valence-corrected chi connectivity index (χ0v) is 17.1. The van der Waals surface area contributed by atoms with Crippen LogP contribution in [0.15, 0.2) is 28.8 Å². The van der Waals surface area contributed by atoms with Gasteiger partial charge in [0.1, 0.15) is 6.04 Å². The lowest BCUT2D eigenvalue weighted by Gasteiger charge is -2.33. The van der Waals surface area contributed by atoms with Crippen molar-refractivity contribution in [3.63, 3.8) is 0 Å². The van der Waals surface area contributed by atoms with Crippen LogP contribution in [0.25, 0.3) is 11.4 Å². The normalized spacial score (nSPS) is 20.3. The van der Waals surface area contributed by atoms with Crippen molar-refractivity contribution in [2.45, 2.75) is 44.8 Å². The maximum absolute atomic E-state index is 13.1. The molecule has 2 aromatic rings. The van der Waals surface area contributed by atoms with Crippen molar-refractivity contribution in [3.8, 4) is 11.4 Å². The summed E-state index contributed by atoms with van der Waals surface area (Å²) in [5, 5.41) is 3.85. The molecule has 7 nitrogen and oxygen atoms in total. The van der Waals surface area contributed by atoms with Crippen molar-refractivity contribution in [1.82, 2.24) is 19.9 Å². The standard InChI is InChI=1S/C21H23F3N4O3/c1-13(29)27-10-7-14(8-11-27)20(30)28-9-3-6-17(28)19-25-18(26-31-19)15-4-2-5-16(12-15)21(22,23)24/h2,4-5,12,14,17H,3,6-11H2,1H3. The summed E-state index contributed by atoms with van der Waals surface area (Å²) in [6.45, 7) is 3.21. The van der Waals surface area contributed by atoms with Crippen LogP contribution in [0.4, 0.5) is 13.2 Å². The van der Waals surface area contributed by atoms with E-state index >= 15 is 0 Å². The highest BCUT2D eigenvalue weighted by molar-refractivity contribution is 5.80. The minimum Gasteiger partial charge on any atom is -0.343 e. The second kappa shape index (κ2) is 8.32. The van der Waals surface area contributed by atoms with Crippen LogP contribution in [-0.2, 0) is 15.8 Å². The molecule has 1 aromatic heterocycles. The monoisotopic (exact) mass is 436 g/mol. The number of hydrogen-bond donors (Lipinski definition) is 0. The fraction of sp³-hybridized carbons (Fsp3) is 0.524. The van der Waals surface area contributed by atoms with Gasteiger partial charge in [-0.25, -0.2) is 0 Å². The Morgan fingerprint density at radius 2 is 1.87 bits per heavy atom. The summed E-state index contributed by atoms with van der Waals surface area (Å²) in [4.78, 5) is 32.4. The lowest BCUT2D eigenvalue weighted by Crippen LogP contribution is -2.43. The largest absolute Gasteiger partial charge is 0.416 e. The molecule has 0 N–H and O–H groups in total. The number of nitrogens with zero attached hydrogens (tertiary/aromatic N) is 4. The van der Waals surface area contributed by atoms with E-state index in [0.29, 0.717) is 38.9 Å². The molecule has 166 valence electrons. The number of halogens is 3. The van der Waals surface area contributed by atoms with Gasteiger partial charge in [0.05, 0.1) is 5.56 Å².